The molecule has 0 radical (unpaired) electrons. The van der Waals surface area contributed by atoms with Crippen molar-refractivity contribution in [2.45, 2.75) is 12.8 Å². The number of para-hydroxylation sites is 1. The largest absolute Gasteiger partial charge is 0.473 e. The molecule has 0 unspecified atom stereocenters. The number of carboxylic acid groups (broad SMARTS) is 2. The van der Waals surface area contributed by atoms with Gasteiger partial charge in [0, 0.05) is 45.0 Å². The number of anilines is 1. The first kappa shape index (κ1) is 25.1. The second-order valence-electron chi connectivity index (χ2n) is 8.28. The number of fused-ring (bicyclic) bond motifs is 1. The minimum absolute atomic E-state index is 0.240. The van der Waals surface area contributed by atoms with Gasteiger partial charge < -0.3 is 15.1 Å². The second-order valence-corrected chi connectivity index (χ2v) is 8.28. The number of rotatable bonds is 5. The zero-order chi connectivity index (χ0) is 24.3. The van der Waals surface area contributed by atoms with Crippen LogP contribution >= 0.6 is 0 Å². The van der Waals surface area contributed by atoms with Crippen LogP contribution in [-0.2, 0) is 20.8 Å². The lowest BCUT2D eigenvalue weighted by molar-refractivity contribution is -0.159. The summed E-state index contributed by atoms with van der Waals surface area (Å²) in [5, 5.41) is 14.8. The van der Waals surface area contributed by atoms with E-state index in [0.29, 0.717) is 6.54 Å². The van der Waals surface area contributed by atoms with E-state index in [1.807, 2.05) is 17.0 Å². The maximum absolute atomic E-state index is 12.9. The molecule has 2 heterocycles. The summed E-state index contributed by atoms with van der Waals surface area (Å²) in [4.78, 5) is 37.8. The molecule has 2 aliphatic heterocycles. The summed E-state index contributed by atoms with van der Waals surface area (Å²) in [5.74, 6) is -3.41. The molecule has 2 aromatic carbocycles. The summed E-state index contributed by atoms with van der Waals surface area (Å²) in [7, 11) is 0. The van der Waals surface area contributed by atoms with Crippen molar-refractivity contribution in [1.29, 1.82) is 0 Å². The Kier molecular flexibility index (Phi) is 9.37. The zero-order valence-electron chi connectivity index (χ0n) is 19.2. The Labute approximate surface area is 199 Å². The van der Waals surface area contributed by atoms with Crippen LogP contribution in [0.3, 0.4) is 0 Å². The third-order valence-electron chi connectivity index (χ3n) is 5.89. The van der Waals surface area contributed by atoms with E-state index in [0.717, 1.165) is 57.8 Å². The third kappa shape index (κ3) is 7.54. The van der Waals surface area contributed by atoms with E-state index < -0.39 is 11.9 Å². The van der Waals surface area contributed by atoms with Gasteiger partial charge >= 0.3 is 11.9 Å². The molecule has 0 atom stereocenters. The predicted molar refractivity (Wildman–Crippen MR) is 131 cm³/mol. The van der Waals surface area contributed by atoms with E-state index in [4.69, 9.17) is 19.8 Å². The third-order valence-corrected chi connectivity index (χ3v) is 5.89. The number of carbonyl (C=O) groups excluding carboxylic acids is 1. The fraction of sp³-hybridized carbons (Fsp3) is 0.346. The van der Waals surface area contributed by atoms with Gasteiger partial charge in [-0.25, -0.2) is 9.59 Å². The van der Waals surface area contributed by atoms with Crippen molar-refractivity contribution in [2.24, 2.45) is 0 Å². The molecule has 180 valence electrons. The van der Waals surface area contributed by atoms with Crippen molar-refractivity contribution >= 4 is 29.6 Å². The maximum Gasteiger partial charge on any atom is 0.414 e. The van der Waals surface area contributed by atoms with Gasteiger partial charge in [-0.2, -0.15) is 0 Å². The molecular formula is C26H31N3O5. The number of aliphatic carboxylic acids is 2. The highest BCUT2D eigenvalue weighted by molar-refractivity contribution is 6.27. The molecule has 0 aromatic heterocycles. The average molecular weight is 466 g/mol. The molecule has 2 aromatic rings. The summed E-state index contributed by atoms with van der Waals surface area (Å²) in [6.45, 7) is 6.30. The van der Waals surface area contributed by atoms with Crippen molar-refractivity contribution in [1.82, 2.24) is 9.80 Å². The highest BCUT2D eigenvalue weighted by atomic mass is 16.4. The van der Waals surface area contributed by atoms with Gasteiger partial charge in [-0.05, 0) is 30.0 Å². The summed E-state index contributed by atoms with van der Waals surface area (Å²) < 4.78 is 0. The van der Waals surface area contributed by atoms with Crippen LogP contribution in [0.5, 0.6) is 0 Å². The van der Waals surface area contributed by atoms with Crippen LogP contribution in [0.1, 0.15) is 17.5 Å². The molecule has 1 amide bonds. The topological polar surface area (TPSA) is 101 Å². The minimum atomic E-state index is -1.82. The maximum atomic E-state index is 12.9. The Hall–Kier alpha value is -3.49. The number of hydrogen-bond acceptors (Lipinski definition) is 5. The molecule has 2 aliphatic rings. The Balaban J connectivity index is 0.000000481. The lowest BCUT2D eigenvalue weighted by Crippen LogP contribution is -2.50. The standard InChI is InChI=1S/C24H29N3O.C2H2O4/c28-24(27-15-7-12-22-11-4-5-13-23(22)27)20-26-18-16-25(17-19-26)14-6-10-21-8-2-1-3-9-21;3-1(4)2(5)6/h1-6,8-11,13H,7,12,14-20H2;(H,3,4)(H,5,6)/b10-6+;. The molecule has 34 heavy (non-hydrogen) atoms. The molecule has 0 saturated carbocycles. The van der Waals surface area contributed by atoms with Gasteiger partial charge in [0.15, 0.2) is 0 Å². The van der Waals surface area contributed by atoms with Gasteiger partial charge in [0.2, 0.25) is 5.91 Å². The van der Waals surface area contributed by atoms with Gasteiger partial charge in [-0.1, -0.05) is 60.7 Å². The molecule has 0 bridgehead atoms. The molecule has 8 nitrogen and oxygen atoms in total. The molecular weight excluding hydrogens is 434 g/mol. The van der Waals surface area contributed by atoms with E-state index in [1.54, 1.807) is 0 Å². The van der Waals surface area contributed by atoms with Gasteiger partial charge in [0.25, 0.3) is 0 Å². The van der Waals surface area contributed by atoms with Crippen LogP contribution in [0, 0.1) is 0 Å². The average Bonchev–Trinajstić information content (AvgIpc) is 2.85. The zero-order valence-corrected chi connectivity index (χ0v) is 19.2. The minimum Gasteiger partial charge on any atom is -0.473 e. The number of piperazine rings is 1. The van der Waals surface area contributed by atoms with Crippen LogP contribution in [0.2, 0.25) is 0 Å². The lowest BCUT2D eigenvalue weighted by atomic mass is 10.0. The summed E-state index contributed by atoms with van der Waals surface area (Å²) >= 11 is 0. The summed E-state index contributed by atoms with van der Waals surface area (Å²) in [6.07, 6.45) is 6.56. The van der Waals surface area contributed by atoms with Gasteiger partial charge in [0.05, 0.1) is 6.54 Å². The van der Waals surface area contributed by atoms with Crippen LogP contribution in [0.4, 0.5) is 5.69 Å². The Morgan fingerprint density at radius 2 is 1.41 bits per heavy atom. The Morgan fingerprint density at radius 1 is 0.794 bits per heavy atom. The molecule has 8 heteroatoms. The van der Waals surface area contributed by atoms with E-state index in [9.17, 15) is 4.79 Å². The predicted octanol–water partition coefficient (Wildman–Crippen LogP) is 2.45. The van der Waals surface area contributed by atoms with Crippen molar-refractivity contribution < 1.29 is 24.6 Å². The molecule has 0 spiro atoms. The van der Waals surface area contributed by atoms with Crippen molar-refractivity contribution in [2.75, 3.05) is 50.7 Å². The van der Waals surface area contributed by atoms with E-state index in [2.05, 4.69) is 64.4 Å². The van der Waals surface area contributed by atoms with E-state index >= 15 is 0 Å². The normalized spacial score (nSPS) is 16.4. The molecule has 1 saturated heterocycles. The molecule has 2 N–H and O–H groups in total. The number of benzene rings is 2. The van der Waals surface area contributed by atoms with Crippen molar-refractivity contribution in [3.63, 3.8) is 0 Å². The number of aryl methyl sites for hydroxylation is 1. The van der Waals surface area contributed by atoms with Crippen LogP contribution in [-0.4, -0.2) is 83.7 Å². The molecule has 0 aliphatic carbocycles. The number of carboxylic acids is 2. The van der Waals surface area contributed by atoms with Crippen molar-refractivity contribution in [3.8, 4) is 0 Å². The van der Waals surface area contributed by atoms with Gasteiger partial charge in [0.1, 0.15) is 0 Å². The first-order chi connectivity index (χ1) is 16.4. The number of hydrogen-bond donors (Lipinski definition) is 2. The second kappa shape index (κ2) is 12.7. The van der Waals surface area contributed by atoms with Crippen LogP contribution < -0.4 is 4.90 Å². The fourth-order valence-electron chi connectivity index (χ4n) is 4.10. The first-order valence-electron chi connectivity index (χ1n) is 11.4. The Bertz CT molecular complexity index is 989. The van der Waals surface area contributed by atoms with E-state index in [-0.39, 0.29) is 5.91 Å². The SMILES string of the molecule is O=C(CN1CCN(C/C=C/c2ccccc2)CC1)N1CCCc2ccccc21.O=C(O)C(=O)O. The monoisotopic (exact) mass is 465 g/mol. The van der Waals surface area contributed by atoms with E-state index in [1.165, 1.54) is 11.1 Å². The quantitative estimate of drug-likeness (QED) is 0.654. The lowest BCUT2D eigenvalue weighted by Gasteiger charge is -2.36. The summed E-state index contributed by atoms with van der Waals surface area (Å²) in [6, 6.07) is 18.8. The number of amides is 1. The molecule has 1 fully saturated rings. The highest BCUT2D eigenvalue weighted by Crippen LogP contribution is 2.26. The number of carbonyl (C=O) groups is 3. The smallest absolute Gasteiger partial charge is 0.414 e. The first-order valence-corrected chi connectivity index (χ1v) is 11.4. The fourth-order valence-corrected chi connectivity index (χ4v) is 4.10. The van der Waals surface area contributed by atoms with Gasteiger partial charge in [-0.15, -0.1) is 0 Å². The van der Waals surface area contributed by atoms with Crippen LogP contribution in [0.25, 0.3) is 6.08 Å². The summed E-state index contributed by atoms with van der Waals surface area (Å²) in [5.41, 5.74) is 3.66. The highest BCUT2D eigenvalue weighted by Gasteiger charge is 2.25. The van der Waals surface area contributed by atoms with Crippen LogP contribution in [0.15, 0.2) is 60.7 Å². The van der Waals surface area contributed by atoms with Gasteiger partial charge in [-0.3, -0.25) is 14.6 Å². The van der Waals surface area contributed by atoms with Crippen molar-refractivity contribution in [3.05, 3.63) is 71.8 Å². The molecule has 4 rings (SSSR count). The number of nitrogens with zero attached hydrogens (tertiary/aromatic N) is 3. The Morgan fingerprint density at radius 3 is 2.09 bits per heavy atom.